The highest BCUT2D eigenvalue weighted by atomic mass is 19.1. The maximum absolute atomic E-state index is 13.8. The van der Waals surface area contributed by atoms with E-state index in [0.717, 1.165) is 5.56 Å². The van der Waals surface area contributed by atoms with E-state index in [4.69, 9.17) is 14.6 Å². The van der Waals surface area contributed by atoms with Crippen LogP contribution in [0.1, 0.15) is 56.4 Å². The van der Waals surface area contributed by atoms with Crippen molar-refractivity contribution in [1.29, 1.82) is 0 Å². The third-order valence-electron chi connectivity index (χ3n) is 6.83. The van der Waals surface area contributed by atoms with Gasteiger partial charge in [0.15, 0.2) is 13.6 Å². The van der Waals surface area contributed by atoms with Crippen LogP contribution >= 0.6 is 0 Å². The molecule has 0 spiro atoms. The number of benzene rings is 1. The molecule has 1 aliphatic heterocycles. The molecule has 214 valence electrons. The molecule has 10 nitrogen and oxygen atoms in total. The molecule has 0 fully saturated rings. The van der Waals surface area contributed by atoms with Crippen LogP contribution in [0, 0.1) is 5.82 Å². The standard InChI is InChI=1S/C30H30FN3O7/c1-16(2)24-21(6-5-13-35)28(19-7-9-20(31)10-8-19)33-34-22(24)11-12-23(34)27-25(29(38)40-14-36)17(3)32-18(4)26(27)30(39)41-15-37/h5-13,16,27,32,36-37H,14-15H2,1-4H3/b6-5+. The number of dihydropyridines is 1. The molecule has 0 saturated carbocycles. The van der Waals surface area contributed by atoms with Gasteiger partial charge < -0.3 is 25.0 Å². The number of nitrogens with zero attached hydrogens (tertiary/aromatic N) is 2. The Morgan fingerprint density at radius 1 is 1.02 bits per heavy atom. The third kappa shape index (κ3) is 5.54. The van der Waals surface area contributed by atoms with Gasteiger partial charge in [-0.25, -0.2) is 18.5 Å². The first kappa shape index (κ1) is 29.4. The molecule has 41 heavy (non-hydrogen) atoms. The van der Waals surface area contributed by atoms with Crippen molar-refractivity contribution in [3.8, 4) is 11.3 Å². The van der Waals surface area contributed by atoms with E-state index in [1.165, 1.54) is 18.2 Å². The maximum Gasteiger partial charge on any atom is 0.338 e. The first-order valence-corrected chi connectivity index (χ1v) is 12.8. The molecule has 1 aromatic carbocycles. The number of fused-ring (bicyclic) bond motifs is 1. The minimum atomic E-state index is -1.07. The lowest BCUT2D eigenvalue weighted by atomic mass is 9.83. The van der Waals surface area contributed by atoms with Gasteiger partial charge in [-0.05, 0) is 73.9 Å². The summed E-state index contributed by atoms with van der Waals surface area (Å²) in [6, 6.07) is 9.25. The van der Waals surface area contributed by atoms with Crippen molar-refractivity contribution in [2.75, 3.05) is 13.6 Å². The summed E-state index contributed by atoms with van der Waals surface area (Å²) in [7, 11) is 0. The highest BCUT2D eigenvalue weighted by Crippen LogP contribution is 2.42. The smallest absolute Gasteiger partial charge is 0.338 e. The summed E-state index contributed by atoms with van der Waals surface area (Å²) in [6.45, 7) is 5.45. The van der Waals surface area contributed by atoms with E-state index in [0.29, 0.717) is 45.7 Å². The Morgan fingerprint density at radius 3 is 2.12 bits per heavy atom. The van der Waals surface area contributed by atoms with E-state index in [2.05, 4.69) is 5.32 Å². The Hall–Kier alpha value is -4.61. The number of ether oxygens (including phenoxy) is 2. The van der Waals surface area contributed by atoms with E-state index >= 15 is 0 Å². The minimum Gasteiger partial charge on any atom is -0.435 e. The zero-order chi connectivity index (χ0) is 29.8. The number of halogens is 1. The first-order chi connectivity index (χ1) is 19.6. The number of hydrogen-bond acceptors (Lipinski definition) is 9. The van der Waals surface area contributed by atoms with E-state index in [1.807, 2.05) is 13.8 Å². The average molecular weight is 564 g/mol. The maximum atomic E-state index is 13.8. The Kier molecular flexibility index (Phi) is 8.80. The SMILES string of the molecule is CC1=C(C(=O)OCO)C(c2ccc3c(C(C)C)c(/C=C/C=O)c(-c4ccc(F)cc4)nn23)C(C(=O)OCO)=C(C)N1. The minimum absolute atomic E-state index is 0.0377. The van der Waals surface area contributed by atoms with Crippen LogP contribution in [0.25, 0.3) is 22.9 Å². The Bertz CT molecular complexity index is 1560. The number of esters is 2. The van der Waals surface area contributed by atoms with Crippen molar-refractivity contribution in [2.24, 2.45) is 0 Å². The number of nitrogens with one attached hydrogen (secondary N) is 1. The number of hydrogen-bond donors (Lipinski definition) is 3. The van der Waals surface area contributed by atoms with Gasteiger partial charge in [0.1, 0.15) is 12.1 Å². The Morgan fingerprint density at radius 2 is 1.61 bits per heavy atom. The molecule has 0 unspecified atom stereocenters. The highest BCUT2D eigenvalue weighted by Gasteiger charge is 2.40. The number of aliphatic hydroxyl groups excluding tert-OH is 2. The van der Waals surface area contributed by atoms with Crippen LogP contribution in [-0.2, 0) is 23.9 Å². The van der Waals surface area contributed by atoms with E-state index in [9.17, 15) is 29.0 Å². The van der Waals surface area contributed by atoms with Crippen molar-refractivity contribution < 1.29 is 38.5 Å². The number of allylic oxidation sites excluding steroid dienone is 3. The number of aldehydes is 1. The summed E-state index contributed by atoms with van der Waals surface area (Å²) in [6.07, 6.45) is 3.65. The van der Waals surface area contributed by atoms with Gasteiger partial charge in [-0.15, -0.1) is 0 Å². The van der Waals surface area contributed by atoms with Crippen LogP contribution in [0.5, 0.6) is 0 Å². The van der Waals surface area contributed by atoms with Crippen LogP contribution in [0.3, 0.4) is 0 Å². The van der Waals surface area contributed by atoms with Crippen molar-refractivity contribution in [3.63, 3.8) is 0 Å². The lowest BCUT2D eigenvalue weighted by molar-refractivity contribution is -0.148. The molecule has 2 aromatic heterocycles. The molecule has 3 heterocycles. The number of carbonyl (C=O) groups excluding carboxylic acids is 3. The Labute approximate surface area is 235 Å². The molecule has 3 aromatic rings. The van der Waals surface area contributed by atoms with Crippen LogP contribution in [0.4, 0.5) is 4.39 Å². The molecular formula is C30H30FN3O7. The van der Waals surface area contributed by atoms with Gasteiger partial charge in [0.25, 0.3) is 0 Å². The van der Waals surface area contributed by atoms with Crippen molar-refractivity contribution in [2.45, 2.75) is 39.5 Å². The van der Waals surface area contributed by atoms with Crippen LogP contribution in [0.15, 0.2) is 65.0 Å². The molecule has 0 saturated heterocycles. The van der Waals surface area contributed by atoms with Crippen molar-refractivity contribution in [3.05, 3.63) is 87.7 Å². The summed E-state index contributed by atoms with van der Waals surface area (Å²) < 4.78 is 25.3. The van der Waals surface area contributed by atoms with Gasteiger partial charge in [0.05, 0.1) is 34.0 Å². The number of carbonyl (C=O) groups is 3. The second-order valence-electron chi connectivity index (χ2n) is 9.65. The second kappa shape index (κ2) is 12.3. The largest absolute Gasteiger partial charge is 0.435 e. The monoisotopic (exact) mass is 563 g/mol. The predicted octanol–water partition coefficient (Wildman–Crippen LogP) is 3.70. The third-order valence-corrected chi connectivity index (χ3v) is 6.83. The molecular weight excluding hydrogens is 533 g/mol. The fourth-order valence-electron chi connectivity index (χ4n) is 5.23. The number of rotatable bonds is 9. The predicted molar refractivity (Wildman–Crippen MR) is 147 cm³/mol. The van der Waals surface area contributed by atoms with Gasteiger partial charge in [0, 0.05) is 22.5 Å². The quantitative estimate of drug-likeness (QED) is 0.154. The fourth-order valence-corrected chi connectivity index (χ4v) is 5.23. The van der Waals surface area contributed by atoms with Crippen LogP contribution < -0.4 is 5.32 Å². The van der Waals surface area contributed by atoms with Crippen LogP contribution in [0.2, 0.25) is 0 Å². The zero-order valence-corrected chi connectivity index (χ0v) is 23.0. The van der Waals surface area contributed by atoms with E-state index < -0.39 is 37.3 Å². The normalized spacial score (nSPS) is 14.2. The van der Waals surface area contributed by atoms with Crippen LogP contribution in [-0.4, -0.2) is 51.6 Å². The van der Waals surface area contributed by atoms with Gasteiger partial charge in [-0.2, -0.15) is 5.10 Å². The average Bonchev–Trinajstić information content (AvgIpc) is 3.34. The van der Waals surface area contributed by atoms with Gasteiger partial charge in [0.2, 0.25) is 0 Å². The summed E-state index contributed by atoms with van der Waals surface area (Å²) in [4.78, 5) is 37.6. The van der Waals surface area contributed by atoms with E-state index in [1.54, 1.807) is 48.7 Å². The summed E-state index contributed by atoms with van der Waals surface area (Å²) in [5, 5.41) is 26.6. The summed E-state index contributed by atoms with van der Waals surface area (Å²) in [5.74, 6) is -3.31. The highest BCUT2D eigenvalue weighted by molar-refractivity contribution is 6.00. The molecule has 0 bridgehead atoms. The molecule has 11 heteroatoms. The fraction of sp³-hybridized carbons (Fsp3) is 0.267. The zero-order valence-electron chi connectivity index (χ0n) is 23.0. The lowest BCUT2D eigenvalue weighted by Crippen LogP contribution is -2.33. The molecule has 1 aliphatic rings. The molecule has 0 radical (unpaired) electrons. The molecule has 0 aliphatic carbocycles. The van der Waals surface area contributed by atoms with E-state index in [-0.39, 0.29) is 17.1 Å². The molecule has 0 atom stereocenters. The number of aromatic nitrogens is 2. The van der Waals surface area contributed by atoms with Gasteiger partial charge in [-0.1, -0.05) is 13.8 Å². The summed E-state index contributed by atoms with van der Waals surface area (Å²) >= 11 is 0. The summed E-state index contributed by atoms with van der Waals surface area (Å²) in [5.41, 5.74) is 4.36. The molecule has 0 amide bonds. The van der Waals surface area contributed by atoms with Crippen molar-refractivity contribution in [1.82, 2.24) is 14.9 Å². The first-order valence-electron chi connectivity index (χ1n) is 12.8. The second-order valence-corrected chi connectivity index (χ2v) is 9.65. The van der Waals surface area contributed by atoms with Gasteiger partial charge in [-0.3, -0.25) is 4.79 Å². The topological polar surface area (TPSA) is 139 Å². The Balaban J connectivity index is 2.11. The van der Waals surface area contributed by atoms with Gasteiger partial charge >= 0.3 is 11.9 Å². The molecule has 3 N–H and O–H groups in total. The van der Waals surface area contributed by atoms with Crippen molar-refractivity contribution >= 4 is 29.8 Å². The lowest BCUT2D eigenvalue weighted by Gasteiger charge is -2.30. The number of aliphatic hydroxyl groups is 2. The molecule has 4 rings (SSSR count).